The molecule has 142 valence electrons. The van der Waals surface area contributed by atoms with Gasteiger partial charge in [-0.1, -0.05) is 37.3 Å². The van der Waals surface area contributed by atoms with E-state index in [2.05, 4.69) is 34.4 Å². The largest absolute Gasteiger partial charge is 0.350 e. The molecule has 1 N–H and O–H groups in total. The molecular formula is C21H26N4OS. The van der Waals surface area contributed by atoms with Crippen molar-refractivity contribution in [1.82, 2.24) is 20.0 Å². The Morgan fingerprint density at radius 1 is 1.33 bits per heavy atom. The summed E-state index contributed by atoms with van der Waals surface area (Å²) in [6.45, 7) is 7.85. The number of nitrogens with zero attached hydrogens (tertiary/aromatic N) is 3. The van der Waals surface area contributed by atoms with Gasteiger partial charge in [0.05, 0.1) is 17.1 Å². The monoisotopic (exact) mass is 382 g/mol. The topological polar surface area (TPSA) is 50.2 Å². The summed E-state index contributed by atoms with van der Waals surface area (Å²) in [6.07, 6.45) is 2.40. The van der Waals surface area contributed by atoms with Crippen LogP contribution < -0.4 is 5.32 Å². The van der Waals surface area contributed by atoms with E-state index in [1.54, 1.807) is 0 Å². The average Bonchev–Trinajstić information content (AvgIpc) is 3.38. The van der Waals surface area contributed by atoms with Crippen molar-refractivity contribution >= 4 is 27.5 Å². The molecule has 1 aliphatic heterocycles. The van der Waals surface area contributed by atoms with Crippen LogP contribution in [0.1, 0.15) is 40.7 Å². The number of amides is 1. The van der Waals surface area contributed by atoms with Crippen LogP contribution in [0.3, 0.4) is 0 Å². The van der Waals surface area contributed by atoms with E-state index < -0.39 is 0 Å². The zero-order valence-corrected chi connectivity index (χ0v) is 16.8. The molecule has 1 aliphatic rings. The van der Waals surface area contributed by atoms with Crippen LogP contribution >= 0.6 is 11.3 Å². The maximum absolute atomic E-state index is 12.7. The van der Waals surface area contributed by atoms with E-state index in [4.69, 9.17) is 0 Å². The molecule has 1 unspecified atom stereocenters. The summed E-state index contributed by atoms with van der Waals surface area (Å²) in [5.41, 5.74) is 2.19. The Labute approximate surface area is 164 Å². The normalized spacial score (nSPS) is 17.6. The second kappa shape index (κ2) is 7.82. The van der Waals surface area contributed by atoms with Crippen molar-refractivity contribution in [3.8, 4) is 0 Å². The molecule has 2 aromatic heterocycles. The molecule has 6 heteroatoms. The van der Waals surface area contributed by atoms with Crippen LogP contribution in [0.25, 0.3) is 10.2 Å². The molecule has 1 saturated heterocycles. The first-order valence-electron chi connectivity index (χ1n) is 9.69. The standard InChI is InChI=1S/C21H26N4OS/c1-3-24-11-7-10-17(24)13-22-20(26)19-12-18-15(2)23-25(21(18)27-19)14-16-8-5-4-6-9-16/h4-6,8-9,12,17H,3,7,10-11,13-14H2,1-2H3,(H,22,26). The van der Waals surface area contributed by atoms with E-state index in [0.29, 0.717) is 6.04 Å². The first kappa shape index (κ1) is 18.2. The van der Waals surface area contributed by atoms with E-state index in [9.17, 15) is 4.79 Å². The highest BCUT2D eigenvalue weighted by atomic mass is 32.1. The number of aromatic nitrogens is 2. The Hall–Kier alpha value is -2.18. The summed E-state index contributed by atoms with van der Waals surface area (Å²) in [4.78, 5) is 17.0. The zero-order chi connectivity index (χ0) is 18.8. The van der Waals surface area contributed by atoms with Crippen LogP contribution in [0, 0.1) is 6.92 Å². The molecule has 3 heterocycles. The van der Waals surface area contributed by atoms with Gasteiger partial charge in [0.1, 0.15) is 4.83 Å². The van der Waals surface area contributed by atoms with Crippen LogP contribution in [0.15, 0.2) is 36.4 Å². The molecule has 4 rings (SSSR count). The highest BCUT2D eigenvalue weighted by Gasteiger charge is 2.24. The van der Waals surface area contributed by atoms with Crippen LogP contribution in [-0.2, 0) is 6.54 Å². The van der Waals surface area contributed by atoms with Crippen LogP contribution in [0.4, 0.5) is 0 Å². The van der Waals surface area contributed by atoms with E-state index in [-0.39, 0.29) is 5.91 Å². The number of hydrogen-bond acceptors (Lipinski definition) is 4. The minimum Gasteiger partial charge on any atom is -0.350 e. The second-order valence-corrected chi connectivity index (χ2v) is 8.22. The minimum atomic E-state index is 0.0322. The molecule has 0 aliphatic carbocycles. The van der Waals surface area contributed by atoms with Gasteiger partial charge in [0.25, 0.3) is 5.91 Å². The summed E-state index contributed by atoms with van der Waals surface area (Å²) in [6, 6.07) is 12.8. The molecule has 1 aromatic carbocycles. The number of thiophene rings is 1. The fourth-order valence-electron chi connectivity index (χ4n) is 3.93. The predicted molar refractivity (Wildman–Crippen MR) is 110 cm³/mol. The summed E-state index contributed by atoms with van der Waals surface area (Å²) < 4.78 is 2.01. The molecule has 0 spiro atoms. The quantitative estimate of drug-likeness (QED) is 0.708. The van der Waals surface area contributed by atoms with E-state index in [1.165, 1.54) is 29.7 Å². The van der Waals surface area contributed by atoms with Gasteiger partial charge in [-0.3, -0.25) is 14.4 Å². The van der Waals surface area contributed by atoms with Crippen molar-refractivity contribution in [2.45, 2.75) is 39.3 Å². The Morgan fingerprint density at radius 3 is 2.93 bits per heavy atom. The van der Waals surface area contributed by atoms with Gasteiger partial charge >= 0.3 is 0 Å². The number of likely N-dealkylation sites (tertiary alicyclic amines) is 1. The maximum Gasteiger partial charge on any atom is 0.261 e. The third-order valence-corrected chi connectivity index (χ3v) is 6.56. The SMILES string of the molecule is CCN1CCCC1CNC(=O)c1cc2c(C)nn(Cc3ccccc3)c2s1. The molecule has 1 fully saturated rings. The summed E-state index contributed by atoms with van der Waals surface area (Å²) >= 11 is 1.54. The summed E-state index contributed by atoms with van der Waals surface area (Å²) in [7, 11) is 0. The van der Waals surface area contributed by atoms with Crippen molar-refractivity contribution < 1.29 is 4.79 Å². The number of benzene rings is 1. The lowest BCUT2D eigenvalue weighted by atomic mass is 10.2. The van der Waals surface area contributed by atoms with Gasteiger partial charge in [0.2, 0.25) is 0 Å². The number of likely N-dealkylation sites (N-methyl/N-ethyl adjacent to an activating group) is 1. The number of fused-ring (bicyclic) bond motifs is 1. The van der Waals surface area contributed by atoms with Crippen LogP contribution in [-0.4, -0.2) is 46.3 Å². The highest BCUT2D eigenvalue weighted by molar-refractivity contribution is 7.20. The fraction of sp³-hybridized carbons (Fsp3) is 0.429. The third kappa shape index (κ3) is 3.77. The first-order chi connectivity index (χ1) is 13.2. The Bertz CT molecular complexity index is 930. The van der Waals surface area contributed by atoms with Crippen molar-refractivity contribution in [2.24, 2.45) is 0 Å². The minimum absolute atomic E-state index is 0.0322. The number of nitrogens with one attached hydrogen (secondary N) is 1. The fourth-order valence-corrected chi connectivity index (χ4v) is 5.01. The van der Waals surface area contributed by atoms with Crippen LogP contribution in [0.2, 0.25) is 0 Å². The third-order valence-electron chi connectivity index (χ3n) is 5.41. The number of carbonyl (C=O) groups is 1. The molecule has 1 amide bonds. The lowest BCUT2D eigenvalue weighted by Gasteiger charge is -2.22. The van der Waals surface area contributed by atoms with Gasteiger partial charge in [-0.25, -0.2) is 0 Å². The molecule has 27 heavy (non-hydrogen) atoms. The van der Waals surface area contributed by atoms with Gasteiger partial charge in [-0.05, 0) is 44.5 Å². The number of hydrogen-bond donors (Lipinski definition) is 1. The molecule has 5 nitrogen and oxygen atoms in total. The first-order valence-corrected chi connectivity index (χ1v) is 10.5. The van der Waals surface area contributed by atoms with Crippen molar-refractivity contribution in [2.75, 3.05) is 19.6 Å². The van der Waals surface area contributed by atoms with Gasteiger partial charge < -0.3 is 5.32 Å². The average molecular weight is 383 g/mol. The Kier molecular flexibility index (Phi) is 5.27. The smallest absolute Gasteiger partial charge is 0.261 e. The summed E-state index contributed by atoms with van der Waals surface area (Å²) in [5.74, 6) is 0.0322. The second-order valence-electron chi connectivity index (χ2n) is 7.19. The molecule has 0 radical (unpaired) electrons. The van der Waals surface area contributed by atoms with Gasteiger partial charge in [0, 0.05) is 18.0 Å². The van der Waals surface area contributed by atoms with Crippen LogP contribution in [0.5, 0.6) is 0 Å². The molecule has 3 aromatic rings. The Morgan fingerprint density at radius 2 is 2.15 bits per heavy atom. The number of carbonyl (C=O) groups excluding carboxylic acids is 1. The lowest BCUT2D eigenvalue weighted by molar-refractivity contribution is 0.0945. The van der Waals surface area contributed by atoms with E-state index in [1.807, 2.05) is 35.9 Å². The lowest BCUT2D eigenvalue weighted by Crippen LogP contribution is -2.39. The van der Waals surface area contributed by atoms with Gasteiger partial charge in [0.15, 0.2) is 0 Å². The molecule has 0 saturated carbocycles. The predicted octanol–water partition coefficient (Wildman–Crippen LogP) is 3.67. The molecule has 0 bridgehead atoms. The number of rotatable bonds is 6. The van der Waals surface area contributed by atoms with E-state index >= 15 is 0 Å². The maximum atomic E-state index is 12.7. The van der Waals surface area contributed by atoms with E-state index in [0.717, 1.165) is 47.0 Å². The molecular weight excluding hydrogens is 356 g/mol. The van der Waals surface area contributed by atoms with Gasteiger partial charge in [-0.15, -0.1) is 11.3 Å². The zero-order valence-electron chi connectivity index (χ0n) is 15.9. The molecule has 1 atom stereocenters. The summed E-state index contributed by atoms with van der Waals surface area (Å²) in [5, 5.41) is 8.89. The Balaban J connectivity index is 1.49. The highest BCUT2D eigenvalue weighted by Crippen LogP contribution is 2.29. The van der Waals surface area contributed by atoms with Crippen molar-refractivity contribution in [1.29, 1.82) is 0 Å². The number of aryl methyl sites for hydroxylation is 1. The van der Waals surface area contributed by atoms with Gasteiger partial charge in [-0.2, -0.15) is 5.10 Å². The van der Waals surface area contributed by atoms with Crippen molar-refractivity contribution in [3.63, 3.8) is 0 Å². The van der Waals surface area contributed by atoms with Crippen molar-refractivity contribution in [3.05, 3.63) is 52.5 Å².